The maximum Gasteiger partial charge on any atom is 0.226 e. The van der Waals surface area contributed by atoms with Crippen LogP contribution >= 0.6 is 0 Å². The molecule has 0 spiro atoms. The van der Waals surface area contributed by atoms with Crippen molar-refractivity contribution in [2.75, 3.05) is 27.3 Å². The molecule has 0 atom stereocenters. The van der Waals surface area contributed by atoms with E-state index in [1.165, 1.54) is 12.8 Å². The second kappa shape index (κ2) is 8.84. The molecular weight excluding hydrogens is 356 g/mol. The number of ether oxygens (including phenoxy) is 2. The van der Waals surface area contributed by atoms with Gasteiger partial charge in [0.25, 0.3) is 0 Å². The number of rotatable bonds is 6. The Balaban J connectivity index is 1.54. The van der Waals surface area contributed by atoms with Crippen molar-refractivity contribution in [3.63, 3.8) is 0 Å². The van der Waals surface area contributed by atoms with Crippen molar-refractivity contribution in [3.05, 3.63) is 23.8 Å². The Kier molecular flexibility index (Phi) is 6.47. The number of nitrogens with one attached hydrogen (secondary N) is 1. The fourth-order valence-electron chi connectivity index (χ4n) is 4.24. The molecule has 0 unspecified atom stereocenters. The Bertz CT molecular complexity index is 682. The van der Waals surface area contributed by atoms with Gasteiger partial charge < -0.3 is 19.7 Å². The van der Waals surface area contributed by atoms with Crippen molar-refractivity contribution in [1.29, 1.82) is 0 Å². The summed E-state index contributed by atoms with van der Waals surface area (Å²) in [4.78, 5) is 27.4. The van der Waals surface area contributed by atoms with Crippen molar-refractivity contribution in [3.8, 4) is 11.5 Å². The van der Waals surface area contributed by atoms with Gasteiger partial charge in [0.05, 0.1) is 14.2 Å². The average Bonchev–Trinajstić information content (AvgIpc) is 3.26. The predicted molar refractivity (Wildman–Crippen MR) is 107 cm³/mol. The van der Waals surface area contributed by atoms with Gasteiger partial charge >= 0.3 is 0 Å². The van der Waals surface area contributed by atoms with E-state index in [-0.39, 0.29) is 11.8 Å². The van der Waals surface area contributed by atoms with E-state index >= 15 is 0 Å². The lowest BCUT2D eigenvalue weighted by Crippen LogP contribution is -2.49. The third kappa shape index (κ3) is 4.59. The summed E-state index contributed by atoms with van der Waals surface area (Å²) >= 11 is 0. The first-order valence-corrected chi connectivity index (χ1v) is 10.2. The van der Waals surface area contributed by atoms with Gasteiger partial charge in [-0.1, -0.05) is 19.8 Å². The number of amides is 2. The number of nitrogens with zero attached hydrogens (tertiary/aromatic N) is 1. The Morgan fingerprint density at radius 3 is 2.18 bits per heavy atom. The lowest BCUT2D eigenvalue weighted by Gasteiger charge is -2.39. The third-order valence-electron chi connectivity index (χ3n) is 6.30. The molecule has 1 aromatic rings. The molecule has 1 aliphatic heterocycles. The van der Waals surface area contributed by atoms with Crippen molar-refractivity contribution in [1.82, 2.24) is 10.2 Å². The first kappa shape index (κ1) is 20.5. The Morgan fingerprint density at radius 2 is 1.64 bits per heavy atom. The van der Waals surface area contributed by atoms with Crippen LogP contribution in [-0.2, 0) is 16.1 Å². The predicted octanol–water partition coefficient (Wildman–Crippen LogP) is 3.14. The maximum atomic E-state index is 12.9. The highest BCUT2D eigenvalue weighted by Crippen LogP contribution is 2.34. The molecule has 0 bridgehead atoms. The Hall–Kier alpha value is -2.24. The highest BCUT2D eigenvalue weighted by atomic mass is 16.5. The van der Waals surface area contributed by atoms with Gasteiger partial charge in [-0.15, -0.1) is 0 Å². The van der Waals surface area contributed by atoms with Crippen LogP contribution in [0, 0.1) is 11.3 Å². The topological polar surface area (TPSA) is 67.9 Å². The van der Waals surface area contributed by atoms with Gasteiger partial charge in [0.2, 0.25) is 11.8 Å². The molecule has 1 saturated carbocycles. The molecule has 28 heavy (non-hydrogen) atoms. The van der Waals surface area contributed by atoms with Gasteiger partial charge in [-0.3, -0.25) is 9.59 Å². The first-order valence-electron chi connectivity index (χ1n) is 10.2. The summed E-state index contributed by atoms with van der Waals surface area (Å²) in [6.07, 6.45) is 5.80. The van der Waals surface area contributed by atoms with Crippen LogP contribution in [0.3, 0.4) is 0 Å². The molecule has 6 nitrogen and oxygen atoms in total. The third-order valence-corrected chi connectivity index (χ3v) is 6.30. The van der Waals surface area contributed by atoms with Gasteiger partial charge in [0.15, 0.2) is 0 Å². The van der Waals surface area contributed by atoms with Crippen molar-refractivity contribution >= 4 is 11.8 Å². The number of benzene rings is 1. The van der Waals surface area contributed by atoms with Gasteiger partial charge in [-0.2, -0.15) is 0 Å². The molecule has 6 heteroatoms. The van der Waals surface area contributed by atoms with Crippen LogP contribution in [0.25, 0.3) is 0 Å². The lowest BCUT2D eigenvalue weighted by atomic mass is 9.79. The number of likely N-dealkylation sites (tertiary alicyclic amines) is 1. The summed E-state index contributed by atoms with van der Waals surface area (Å²) < 4.78 is 10.6. The minimum absolute atomic E-state index is 0.0438. The standard InChI is InChI=1S/C22H32N2O4/c1-22(8-10-24(11-9-22)20(25)17-6-4-5-7-17)21(26)23-15-16-12-18(27-2)14-19(13-16)28-3/h12-14,17H,4-11,15H2,1-3H3,(H,23,26). The molecule has 2 amide bonds. The quantitative estimate of drug-likeness (QED) is 0.813. The van der Waals surface area contributed by atoms with Crippen LogP contribution in [0.4, 0.5) is 0 Å². The molecule has 154 valence electrons. The minimum atomic E-state index is -0.435. The number of carbonyl (C=O) groups is 2. The zero-order valence-corrected chi connectivity index (χ0v) is 17.3. The van der Waals surface area contributed by atoms with Crippen molar-refractivity contribution in [2.24, 2.45) is 11.3 Å². The largest absolute Gasteiger partial charge is 0.497 e. The highest BCUT2D eigenvalue weighted by molar-refractivity contribution is 5.83. The molecule has 0 aromatic heterocycles. The van der Waals surface area contributed by atoms with Gasteiger partial charge in [-0.05, 0) is 43.4 Å². The Morgan fingerprint density at radius 1 is 1.07 bits per heavy atom. The summed E-state index contributed by atoms with van der Waals surface area (Å²) in [7, 11) is 3.22. The van der Waals surface area contributed by atoms with E-state index in [9.17, 15) is 9.59 Å². The Labute approximate surface area is 167 Å². The van der Waals surface area contributed by atoms with Crippen LogP contribution in [0.1, 0.15) is 51.0 Å². The fraction of sp³-hybridized carbons (Fsp3) is 0.636. The SMILES string of the molecule is COc1cc(CNC(=O)C2(C)CCN(C(=O)C3CCCC3)CC2)cc(OC)c1. The normalized spacial score (nSPS) is 19.3. The second-order valence-corrected chi connectivity index (χ2v) is 8.27. The van der Waals surface area contributed by atoms with Gasteiger partial charge in [0, 0.05) is 37.0 Å². The van der Waals surface area contributed by atoms with Gasteiger partial charge in [0.1, 0.15) is 11.5 Å². The molecule has 2 fully saturated rings. The van der Waals surface area contributed by atoms with Crippen LogP contribution in [0.15, 0.2) is 18.2 Å². The fourth-order valence-corrected chi connectivity index (χ4v) is 4.24. The van der Waals surface area contributed by atoms with E-state index in [0.717, 1.165) is 18.4 Å². The van der Waals surface area contributed by atoms with E-state index in [1.807, 2.05) is 30.0 Å². The maximum absolute atomic E-state index is 12.9. The van der Waals surface area contributed by atoms with Crippen LogP contribution in [0.5, 0.6) is 11.5 Å². The zero-order chi connectivity index (χ0) is 20.1. The monoisotopic (exact) mass is 388 g/mol. The summed E-state index contributed by atoms with van der Waals surface area (Å²) in [6, 6.07) is 5.60. The molecule has 1 saturated heterocycles. The number of carbonyl (C=O) groups excluding carboxylic acids is 2. The van der Waals surface area contributed by atoms with Crippen molar-refractivity contribution < 1.29 is 19.1 Å². The van der Waals surface area contributed by atoms with E-state index in [0.29, 0.717) is 49.9 Å². The number of piperidine rings is 1. The lowest BCUT2D eigenvalue weighted by molar-refractivity contribution is -0.142. The molecule has 1 aromatic carbocycles. The van der Waals surface area contributed by atoms with Gasteiger partial charge in [-0.25, -0.2) is 0 Å². The summed E-state index contributed by atoms with van der Waals surface area (Å²) in [5, 5.41) is 3.06. The van der Waals surface area contributed by atoms with Crippen LogP contribution < -0.4 is 14.8 Å². The van der Waals surface area contributed by atoms with Crippen LogP contribution in [0.2, 0.25) is 0 Å². The molecule has 3 rings (SSSR count). The van der Waals surface area contributed by atoms with Crippen molar-refractivity contribution in [2.45, 2.75) is 52.0 Å². The number of methoxy groups -OCH3 is 2. The van der Waals surface area contributed by atoms with E-state index in [2.05, 4.69) is 5.32 Å². The molecule has 1 heterocycles. The zero-order valence-electron chi connectivity index (χ0n) is 17.3. The van der Waals surface area contributed by atoms with E-state index < -0.39 is 5.41 Å². The van der Waals surface area contributed by atoms with E-state index in [1.54, 1.807) is 14.2 Å². The van der Waals surface area contributed by atoms with E-state index in [4.69, 9.17) is 9.47 Å². The molecule has 1 N–H and O–H groups in total. The summed E-state index contributed by atoms with van der Waals surface area (Å²) in [5.74, 6) is 1.95. The molecular formula is C22H32N2O4. The minimum Gasteiger partial charge on any atom is -0.497 e. The first-order chi connectivity index (χ1) is 13.4. The summed E-state index contributed by atoms with van der Waals surface area (Å²) in [5.41, 5.74) is 0.497. The number of hydrogen-bond acceptors (Lipinski definition) is 4. The molecule has 0 radical (unpaired) electrons. The molecule has 2 aliphatic rings. The highest BCUT2D eigenvalue weighted by Gasteiger charge is 2.39. The number of hydrogen-bond donors (Lipinski definition) is 1. The molecule has 1 aliphatic carbocycles. The van der Waals surface area contributed by atoms with Crippen LogP contribution in [-0.4, -0.2) is 44.0 Å². The second-order valence-electron chi connectivity index (χ2n) is 8.27. The smallest absolute Gasteiger partial charge is 0.226 e. The summed E-state index contributed by atoms with van der Waals surface area (Å²) in [6.45, 7) is 3.77. The average molecular weight is 389 g/mol.